The average Bonchev–Trinajstić information content (AvgIpc) is 2.90. The van der Waals surface area contributed by atoms with Crippen molar-refractivity contribution in [2.24, 2.45) is 16.7 Å². The molecule has 1 unspecified atom stereocenters. The molecule has 2 fully saturated rings. The van der Waals surface area contributed by atoms with Crippen molar-refractivity contribution >= 4 is 11.3 Å². The van der Waals surface area contributed by atoms with Gasteiger partial charge in [-0.2, -0.15) is 0 Å². The lowest BCUT2D eigenvalue weighted by atomic mass is 9.68. The predicted molar refractivity (Wildman–Crippen MR) is 72.0 cm³/mol. The van der Waals surface area contributed by atoms with Crippen LogP contribution >= 0.6 is 11.3 Å². The summed E-state index contributed by atoms with van der Waals surface area (Å²) in [6, 6.07) is 0.663. The average molecular weight is 250 g/mol. The van der Waals surface area contributed by atoms with Crippen LogP contribution in [0.4, 0.5) is 0 Å². The highest BCUT2D eigenvalue weighted by Gasteiger charge is 2.58. The van der Waals surface area contributed by atoms with Crippen LogP contribution in [0.25, 0.3) is 0 Å². The summed E-state index contributed by atoms with van der Waals surface area (Å²) in [7, 11) is 0. The fourth-order valence-corrected chi connectivity index (χ4v) is 4.89. The summed E-state index contributed by atoms with van der Waals surface area (Å²) in [5.41, 5.74) is 2.90. The van der Waals surface area contributed by atoms with E-state index in [1.807, 2.05) is 11.7 Å². The van der Waals surface area contributed by atoms with E-state index in [0.29, 0.717) is 16.9 Å². The molecule has 3 rings (SSSR count). The molecule has 1 heterocycles. The lowest BCUT2D eigenvalue weighted by Gasteiger charge is -2.43. The van der Waals surface area contributed by atoms with Gasteiger partial charge >= 0.3 is 0 Å². The summed E-state index contributed by atoms with van der Waals surface area (Å²) in [6.45, 7) is 8.37. The molecule has 0 aliphatic heterocycles. The number of fused-ring (bicyclic) bond motifs is 2. The highest BCUT2D eigenvalue weighted by Crippen LogP contribution is 2.62. The van der Waals surface area contributed by atoms with Gasteiger partial charge in [0.05, 0.1) is 5.51 Å². The molecule has 0 saturated heterocycles. The van der Waals surface area contributed by atoms with Crippen molar-refractivity contribution in [1.82, 2.24) is 10.3 Å². The van der Waals surface area contributed by atoms with Crippen molar-refractivity contribution in [2.75, 3.05) is 0 Å². The fourth-order valence-electron chi connectivity index (χ4n) is 4.34. The summed E-state index contributed by atoms with van der Waals surface area (Å²) in [6.07, 6.45) is 6.24. The lowest BCUT2D eigenvalue weighted by Crippen LogP contribution is -2.49. The number of aromatic nitrogens is 1. The van der Waals surface area contributed by atoms with Crippen LogP contribution in [-0.4, -0.2) is 11.0 Å². The van der Waals surface area contributed by atoms with Crippen molar-refractivity contribution < 1.29 is 0 Å². The molecule has 0 spiro atoms. The van der Waals surface area contributed by atoms with E-state index in [9.17, 15) is 0 Å². The Morgan fingerprint density at radius 1 is 1.47 bits per heavy atom. The normalized spacial score (nSPS) is 38.8. The van der Waals surface area contributed by atoms with E-state index in [2.05, 4.69) is 31.1 Å². The van der Waals surface area contributed by atoms with Crippen LogP contribution < -0.4 is 5.32 Å². The van der Waals surface area contributed by atoms with Gasteiger partial charge in [0.25, 0.3) is 0 Å². The molecule has 1 aromatic rings. The van der Waals surface area contributed by atoms with E-state index in [1.165, 1.54) is 24.1 Å². The second kappa shape index (κ2) is 3.79. The van der Waals surface area contributed by atoms with Gasteiger partial charge in [-0.3, -0.25) is 4.98 Å². The number of hydrogen-bond acceptors (Lipinski definition) is 3. The molecular weight excluding hydrogens is 228 g/mol. The van der Waals surface area contributed by atoms with Crippen molar-refractivity contribution in [3.63, 3.8) is 0 Å². The molecule has 2 bridgehead atoms. The van der Waals surface area contributed by atoms with Gasteiger partial charge in [-0.15, -0.1) is 11.3 Å². The fraction of sp³-hybridized carbons (Fsp3) is 0.786. The first kappa shape index (κ1) is 11.7. The molecule has 2 aliphatic rings. The summed E-state index contributed by atoms with van der Waals surface area (Å²) < 4.78 is 0. The van der Waals surface area contributed by atoms with Crippen molar-refractivity contribution in [1.29, 1.82) is 0 Å². The monoisotopic (exact) mass is 250 g/mol. The lowest BCUT2D eigenvalue weighted by molar-refractivity contribution is 0.108. The van der Waals surface area contributed by atoms with Crippen molar-refractivity contribution in [3.05, 3.63) is 16.6 Å². The van der Waals surface area contributed by atoms with E-state index in [0.717, 1.165) is 12.5 Å². The maximum absolute atomic E-state index is 4.15. The van der Waals surface area contributed by atoms with Crippen molar-refractivity contribution in [2.45, 2.75) is 52.6 Å². The predicted octanol–water partition coefficient (Wildman–Crippen LogP) is 3.45. The molecule has 1 aromatic heterocycles. The highest BCUT2D eigenvalue weighted by atomic mass is 32.1. The molecule has 17 heavy (non-hydrogen) atoms. The molecule has 2 nitrogen and oxygen atoms in total. The van der Waals surface area contributed by atoms with E-state index in [-0.39, 0.29) is 0 Å². The Kier molecular flexibility index (Phi) is 2.60. The Bertz CT molecular complexity index is 394. The molecule has 1 N–H and O–H groups in total. The van der Waals surface area contributed by atoms with Crippen LogP contribution in [0.1, 0.15) is 44.9 Å². The molecule has 0 amide bonds. The zero-order chi connectivity index (χ0) is 12.1. The Morgan fingerprint density at radius 3 is 2.88 bits per heavy atom. The van der Waals surface area contributed by atoms with E-state index < -0.39 is 0 Å². The minimum absolute atomic E-state index is 0.456. The molecular formula is C14H22N2S. The summed E-state index contributed by atoms with van der Waals surface area (Å²) in [5.74, 6) is 0.923. The first-order valence-electron chi connectivity index (χ1n) is 6.63. The van der Waals surface area contributed by atoms with Crippen LogP contribution in [0.2, 0.25) is 0 Å². The Labute approximate surface area is 108 Å². The third-order valence-electron chi connectivity index (χ3n) is 5.23. The second-order valence-electron chi connectivity index (χ2n) is 6.70. The van der Waals surface area contributed by atoms with Gasteiger partial charge in [-0.25, -0.2) is 0 Å². The summed E-state index contributed by atoms with van der Waals surface area (Å²) in [5, 5.41) is 3.82. The van der Waals surface area contributed by atoms with Crippen LogP contribution in [0.3, 0.4) is 0 Å². The van der Waals surface area contributed by atoms with Gasteiger partial charge < -0.3 is 5.32 Å². The number of nitrogens with one attached hydrogen (secondary N) is 1. The Balaban J connectivity index is 1.74. The largest absolute Gasteiger partial charge is 0.308 e. The summed E-state index contributed by atoms with van der Waals surface area (Å²) >= 11 is 1.75. The first-order chi connectivity index (χ1) is 8.02. The van der Waals surface area contributed by atoms with E-state index in [1.54, 1.807) is 11.3 Å². The molecule has 0 aromatic carbocycles. The van der Waals surface area contributed by atoms with Crippen LogP contribution in [0.5, 0.6) is 0 Å². The van der Waals surface area contributed by atoms with Crippen LogP contribution in [0.15, 0.2) is 11.7 Å². The molecule has 0 radical (unpaired) electrons. The van der Waals surface area contributed by atoms with Gasteiger partial charge in [0.15, 0.2) is 0 Å². The second-order valence-corrected chi connectivity index (χ2v) is 7.67. The molecule has 3 heteroatoms. The van der Waals surface area contributed by atoms with Gasteiger partial charge in [-0.1, -0.05) is 20.8 Å². The van der Waals surface area contributed by atoms with E-state index in [4.69, 9.17) is 0 Å². The molecule has 2 saturated carbocycles. The molecule has 3 atom stereocenters. The maximum Gasteiger partial charge on any atom is 0.0794 e. The Morgan fingerprint density at radius 2 is 2.29 bits per heavy atom. The number of nitrogens with zero attached hydrogens (tertiary/aromatic N) is 1. The van der Waals surface area contributed by atoms with Crippen molar-refractivity contribution in [3.8, 4) is 0 Å². The minimum atomic E-state index is 0.456. The third kappa shape index (κ3) is 1.75. The van der Waals surface area contributed by atoms with Crippen LogP contribution in [0, 0.1) is 16.7 Å². The topological polar surface area (TPSA) is 24.9 Å². The minimum Gasteiger partial charge on any atom is -0.308 e. The standard InChI is InChI=1S/C14H22N2S/c1-13(2)10-4-5-14(3,6-10)12(13)16-8-11-7-15-9-17-11/h7,9-10,12,16H,4-6,8H2,1-3H3/t10-,12?,14+/m0/s1. The first-order valence-corrected chi connectivity index (χ1v) is 7.51. The number of hydrogen-bond donors (Lipinski definition) is 1. The smallest absolute Gasteiger partial charge is 0.0794 e. The molecule has 2 aliphatic carbocycles. The quantitative estimate of drug-likeness (QED) is 0.889. The molecule has 94 valence electrons. The van der Waals surface area contributed by atoms with Crippen LogP contribution in [-0.2, 0) is 6.54 Å². The highest BCUT2D eigenvalue weighted by molar-refractivity contribution is 7.09. The van der Waals surface area contributed by atoms with Gasteiger partial charge in [0.1, 0.15) is 0 Å². The van der Waals surface area contributed by atoms with E-state index >= 15 is 0 Å². The zero-order valence-electron chi connectivity index (χ0n) is 11.0. The third-order valence-corrected chi connectivity index (χ3v) is 6.01. The van der Waals surface area contributed by atoms with Gasteiger partial charge in [-0.05, 0) is 36.0 Å². The number of rotatable bonds is 3. The van der Waals surface area contributed by atoms with Gasteiger partial charge in [0, 0.05) is 23.7 Å². The summed E-state index contributed by atoms with van der Waals surface area (Å²) in [4.78, 5) is 5.50. The maximum atomic E-state index is 4.15. The Hall–Kier alpha value is -0.410. The zero-order valence-corrected chi connectivity index (χ0v) is 11.8. The number of thiazole rings is 1. The SMILES string of the molecule is CC1(C)C(NCc2cncs2)[C@]2(C)CC[C@H]1C2. The van der Waals surface area contributed by atoms with Gasteiger partial charge in [0.2, 0.25) is 0 Å².